The van der Waals surface area contributed by atoms with Gasteiger partial charge in [-0.25, -0.2) is 15.0 Å². The van der Waals surface area contributed by atoms with Crippen LogP contribution in [0.3, 0.4) is 0 Å². The number of fused-ring (bicyclic) bond motifs is 6. The molecule has 160 valence electrons. The van der Waals surface area contributed by atoms with Gasteiger partial charge in [0, 0.05) is 5.41 Å². The maximum Gasteiger partial charge on any atom is 0.163 e. The number of ketones is 1. The van der Waals surface area contributed by atoms with Crippen LogP contribution in [0.15, 0.2) is 38.2 Å². The average molecular weight is 435 g/mol. The summed E-state index contributed by atoms with van der Waals surface area (Å²) in [6.45, 7) is 2.23. The first kappa shape index (κ1) is 19.4. The van der Waals surface area contributed by atoms with E-state index in [1.165, 1.54) is 11.1 Å². The fraction of sp³-hybridized carbons (Fsp3) is 0.542. The highest BCUT2D eigenvalue weighted by Gasteiger charge is 2.58. The number of hydrogen-bond acceptors (Lipinski definition) is 7. The van der Waals surface area contributed by atoms with E-state index in [2.05, 4.69) is 45.1 Å². The maximum absolute atomic E-state index is 13.6. The van der Waals surface area contributed by atoms with Crippen LogP contribution in [-0.2, 0) is 11.2 Å². The van der Waals surface area contributed by atoms with Crippen LogP contribution in [0.5, 0.6) is 5.75 Å². The zero-order valence-corrected chi connectivity index (χ0v) is 18.6. The van der Waals surface area contributed by atoms with Crippen molar-refractivity contribution in [2.45, 2.75) is 56.2 Å². The molecule has 0 spiro atoms. The zero-order valence-electron chi connectivity index (χ0n) is 17.8. The molecule has 2 fully saturated rings. The molecule has 1 aromatic rings. The Bertz CT molecular complexity index is 1080. The molecule has 2 aliphatic heterocycles. The fourth-order valence-corrected chi connectivity index (χ4v) is 7.96. The van der Waals surface area contributed by atoms with Crippen LogP contribution in [0.1, 0.15) is 49.7 Å². The number of aliphatic imine (C=N–C) groups is 4. The molecule has 2 heterocycles. The van der Waals surface area contributed by atoms with Crippen LogP contribution < -0.4 is 4.74 Å². The van der Waals surface area contributed by atoms with Crippen LogP contribution in [0.4, 0.5) is 0 Å². The predicted molar refractivity (Wildman–Crippen MR) is 125 cm³/mol. The predicted octanol–water partition coefficient (Wildman–Crippen LogP) is 4.08. The van der Waals surface area contributed by atoms with Gasteiger partial charge in [-0.2, -0.15) is 0 Å². The van der Waals surface area contributed by atoms with Gasteiger partial charge in [-0.3, -0.25) is 9.79 Å². The summed E-state index contributed by atoms with van der Waals surface area (Å²) in [6, 6.07) is 6.35. The number of aryl methyl sites for hydroxylation is 1. The number of Topliss-reactive ketones (excluding diaryl/α,β-unsaturated/α-hetero) is 1. The van der Waals surface area contributed by atoms with Crippen LogP contribution in [0, 0.1) is 17.3 Å². The van der Waals surface area contributed by atoms with Crippen molar-refractivity contribution in [3.05, 3.63) is 29.3 Å². The molecule has 0 N–H and O–H groups in total. The van der Waals surface area contributed by atoms with E-state index in [1.807, 2.05) is 0 Å². The quantitative estimate of drug-likeness (QED) is 0.704. The minimum absolute atomic E-state index is 0.0479. The summed E-state index contributed by atoms with van der Waals surface area (Å²) in [5.74, 6) is 3.61. The molecule has 6 unspecified atom stereocenters. The number of hydrogen-bond donors (Lipinski definition) is 0. The number of rotatable bonds is 2. The SMILES string of the molecule is COc1ccc2c(c1)CCC1C2CCC2(C)C(=O)C(SC3=NC=NC4=NC=NC43)CC12. The highest BCUT2D eigenvalue weighted by Crippen LogP contribution is 2.61. The lowest BCUT2D eigenvalue weighted by atomic mass is 9.55. The summed E-state index contributed by atoms with van der Waals surface area (Å²) in [7, 11) is 1.73. The van der Waals surface area contributed by atoms with Gasteiger partial charge in [0.05, 0.1) is 12.4 Å². The van der Waals surface area contributed by atoms with Gasteiger partial charge in [0.25, 0.3) is 0 Å². The van der Waals surface area contributed by atoms with Crippen molar-refractivity contribution in [1.82, 2.24) is 0 Å². The lowest BCUT2D eigenvalue weighted by molar-refractivity contribution is -0.129. The zero-order chi connectivity index (χ0) is 21.2. The Hall–Kier alpha value is -2.28. The molecule has 3 aliphatic carbocycles. The van der Waals surface area contributed by atoms with Gasteiger partial charge in [-0.15, -0.1) is 0 Å². The normalized spacial score (nSPS) is 37.5. The molecule has 6 nitrogen and oxygen atoms in total. The van der Waals surface area contributed by atoms with Crippen molar-refractivity contribution in [3.8, 4) is 5.75 Å². The molecule has 5 aliphatic rings. The van der Waals surface area contributed by atoms with E-state index in [4.69, 9.17) is 4.74 Å². The van der Waals surface area contributed by atoms with E-state index >= 15 is 0 Å². The number of ether oxygens (including phenoxy) is 1. The third kappa shape index (κ3) is 2.89. The Morgan fingerprint density at radius 2 is 2.10 bits per heavy atom. The minimum atomic E-state index is -0.220. The van der Waals surface area contributed by atoms with Crippen LogP contribution >= 0.6 is 11.8 Å². The first-order valence-corrected chi connectivity index (χ1v) is 12.0. The molecule has 2 saturated carbocycles. The third-order valence-electron chi connectivity index (χ3n) is 8.17. The van der Waals surface area contributed by atoms with Crippen molar-refractivity contribution in [2.24, 2.45) is 37.2 Å². The molecule has 6 atom stereocenters. The lowest BCUT2D eigenvalue weighted by Crippen LogP contribution is -2.42. The van der Waals surface area contributed by atoms with Gasteiger partial charge in [-0.1, -0.05) is 24.8 Å². The second kappa shape index (κ2) is 7.12. The lowest BCUT2D eigenvalue weighted by Gasteiger charge is -2.48. The fourth-order valence-electron chi connectivity index (χ4n) is 6.58. The molecular formula is C24H26N4O2S. The smallest absolute Gasteiger partial charge is 0.163 e. The number of carbonyl (C=O) groups excluding carboxylic acids is 1. The number of nitrogens with zero attached hydrogens (tertiary/aromatic N) is 4. The van der Waals surface area contributed by atoms with Gasteiger partial charge in [0.15, 0.2) is 17.7 Å². The summed E-state index contributed by atoms with van der Waals surface area (Å²) in [4.78, 5) is 30.9. The number of carbonyl (C=O) groups is 1. The number of methoxy groups -OCH3 is 1. The first-order chi connectivity index (χ1) is 15.1. The Morgan fingerprint density at radius 1 is 1.19 bits per heavy atom. The molecular weight excluding hydrogens is 408 g/mol. The second-order valence-electron chi connectivity index (χ2n) is 9.51. The highest BCUT2D eigenvalue weighted by atomic mass is 32.2. The summed E-state index contributed by atoms with van der Waals surface area (Å²) in [5.41, 5.74) is 2.69. The summed E-state index contributed by atoms with van der Waals surface area (Å²) in [5, 5.41) is 0.814. The highest BCUT2D eigenvalue weighted by molar-refractivity contribution is 8.15. The Labute approximate surface area is 186 Å². The Kier molecular flexibility index (Phi) is 4.46. The largest absolute Gasteiger partial charge is 0.497 e. The summed E-state index contributed by atoms with van der Waals surface area (Å²) < 4.78 is 5.45. The van der Waals surface area contributed by atoms with Crippen LogP contribution in [0.2, 0.25) is 0 Å². The van der Waals surface area contributed by atoms with Gasteiger partial charge in [0.2, 0.25) is 0 Å². The maximum atomic E-state index is 13.6. The molecule has 7 heteroatoms. The van der Waals surface area contributed by atoms with E-state index < -0.39 is 0 Å². The molecule has 0 bridgehead atoms. The number of amidine groups is 1. The van der Waals surface area contributed by atoms with Crippen molar-refractivity contribution in [2.75, 3.05) is 7.11 Å². The van der Waals surface area contributed by atoms with Gasteiger partial charge in [0.1, 0.15) is 23.5 Å². The van der Waals surface area contributed by atoms with Crippen LogP contribution in [-0.4, -0.2) is 47.7 Å². The van der Waals surface area contributed by atoms with Gasteiger partial charge in [-0.05, 0) is 73.1 Å². The minimum Gasteiger partial charge on any atom is -0.497 e. The Balaban J connectivity index is 1.26. The van der Waals surface area contributed by atoms with E-state index in [1.54, 1.807) is 31.5 Å². The summed E-state index contributed by atoms with van der Waals surface area (Å²) in [6.07, 6.45) is 8.34. The molecule has 0 aromatic heterocycles. The molecule has 1 aromatic carbocycles. The van der Waals surface area contributed by atoms with Crippen molar-refractivity contribution in [1.29, 1.82) is 0 Å². The van der Waals surface area contributed by atoms with Gasteiger partial charge >= 0.3 is 0 Å². The first-order valence-electron chi connectivity index (χ1n) is 11.2. The average Bonchev–Trinajstić information content (AvgIpc) is 3.37. The number of thioether (sulfide) groups is 1. The number of benzene rings is 1. The summed E-state index contributed by atoms with van der Waals surface area (Å²) >= 11 is 1.61. The molecule has 6 rings (SSSR count). The third-order valence-corrected chi connectivity index (χ3v) is 9.43. The van der Waals surface area contributed by atoms with Crippen molar-refractivity contribution >= 4 is 41.1 Å². The van der Waals surface area contributed by atoms with Crippen molar-refractivity contribution < 1.29 is 9.53 Å². The molecule has 0 saturated heterocycles. The van der Waals surface area contributed by atoms with Gasteiger partial charge < -0.3 is 4.74 Å². The van der Waals surface area contributed by atoms with Crippen molar-refractivity contribution in [3.63, 3.8) is 0 Å². The molecule has 0 amide bonds. The monoisotopic (exact) mass is 434 g/mol. The molecule has 0 radical (unpaired) electrons. The Morgan fingerprint density at radius 3 is 2.97 bits per heavy atom. The second-order valence-corrected chi connectivity index (χ2v) is 10.7. The van der Waals surface area contributed by atoms with Crippen LogP contribution in [0.25, 0.3) is 0 Å². The van der Waals surface area contributed by atoms with E-state index in [0.717, 1.165) is 42.9 Å². The topological polar surface area (TPSA) is 75.7 Å². The standard InChI is InChI=1S/C24H26N4O2S/c1-24-8-7-16-15-6-4-14(30-2)9-13(15)3-5-17(16)18(24)10-19(21(24)29)31-23-20-22(26-11-25-20)27-12-28-23/h4,6,9,11-12,16-20H,3,5,7-8,10H2,1-2H3. The molecule has 31 heavy (non-hydrogen) atoms. The van der Waals surface area contributed by atoms with E-state index in [-0.39, 0.29) is 16.7 Å². The van der Waals surface area contributed by atoms with E-state index in [9.17, 15) is 4.79 Å². The van der Waals surface area contributed by atoms with E-state index in [0.29, 0.717) is 29.4 Å².